The number of benzene rings is 1. The van der Waals surface area contributed by atoms with Crippen LogP contribution in [0.3, 0.4) is 0 Å². The Labute approximate surface area is 155 Å². The van der Waals surface area contributed by atoms with Gasteiger partial charge in [-0.15, -0.1) is 0 Å². The molecule has 26 heavy (non-hydrogen) atoms. The van der Waals surface area contributed by atoms with Crippen molar-refractivity contribution in [2.45, 2.75) is 77.8 Å². The average molecular weight is 355 g/mol. The summed E-state index contributed by atoms with van der Waals surface area (Å²) >= 11 is 0. The normalized spacial score (nSPS) is 18.6. The van der Waals surface area contributed by atoms with Gasteiger partial charge in [0.2, 0.25) is 11.8 Å². The van der Waals surface area contributed by atoms with E-state index in [2.05, 4.69) is 75.9 Å². The zero-order valence-corrected chi connectivity index (χ0v) is 16.7. The zero-order valence-electron chi connectivity index (χ0n) is 16.7. The summed E-state index contributed by atoms with van der Waals surface area (Å²) in [4.78, 5) is 18.9. The molecule has 0 saturated carbocycles. The summed E-state index contributed by atoms with van der Waals surface area (Å²) in [6, 6.07) is 8.38. The molecule has 1 aliphatic heterocycles. The van der Waals surface area contributed by atoms with Crippen LogP contribution in [0, 0.1) is 0 Å². The monoisotopic (exact) mass is 355 g/mol. The van der Waals surface area contributed by atoms with E-state index in [1.165, 1.54) is 5.56 Å². The van der Waals surface area contributed by atoms with Crippen molar-refractivity contribution in [3.05, 3.63) is 47.1 Å². The lowest BCUT2D eigenvalue weighted by atomic mass is 9.87. The van der Waals surface area contributed by atoms with Gasteiger partial charge in [0.15, 0.2) is 5.82 Å². The van der Waals surface area contributed by atoms with Crippen molar-refractivity contribution < 1.29 is 9.32 Å². The van der Waals surface area contributed by atoms with Crippen molar-refractivity contribution in [2.24, 2.45) is 0 Å². The van der Waals surface area contributed by atoms with Crippen LogP contribution < -0.4 is 0 Å². The van der Waals surface area contributed by atoms with Crippen molar-refractivity contribution in [3.63, 3.8) is 0 Å². The van der Waals surface area contributed by atoms with Crippen molar-refractivity contribution >= 4 is 5.91 Å². The quantitative estimate of drug-likeness (QED) is 0.812. The Bertz CT molecular complexity index is 779. The van der Waals surface area contributed by atoms with Crippen LogP contribution in [-0.4, -0.2) is 20.9 Å². The Morgan fingerprint density at radius 2 is 1.73 bits per heavy atom. The molecule has 2 aromatic rings. The van der Waals surface area contributed by atoms with E-state index in [0.717, 1.165) is 12.0 Å². The molecule has 140 valence electrons. The molecule has 1 aromatic carbocycles. The molecule has 1 aliphatic rings. The number of hydrogen-bond donors (Lipinski definition) is 0. The average Bonchev–Trinajstić information content (AvgIpc) is 3.15. The predicted octanol–water partition coefficient (Wildman–Crippen LogP) is 4.53. The maximum atomic E-state index is 12.4. The van der Waals surface area contributed by atoms with E-state index in [1.54, 1.807) is 0 Å². The lowest BCUT2D eigenvalue weighted by Crippen LogP contribution is -2.27. The second kappa shape index (κ2) is 6.53. The highest BCUT2D eigenvalue weighted by molar-refractivity contribution is 5.78. The molecule has 1 aromatic heterocycles. The first-order chi connectivity index (χ1) is 12.1. The van der Waals surface area contributed by atoms with Crippen LogP contribution >= 0.6 is 0 Å². The molecular weight excluding hydrogens is 326 g/mol. The van der Waals surface area contributed by atoms with Crippen LogP contribution in [0.4, 0.5) is 0 Å². The number of amides is 1. The van der Waals surface area contributed by atoms with E-state index in [0.29, 0.717) is 24.7 Å². The highest BCUT2D eigenvalue weighted by atomic mass is 16.5. The molecule has 0 spiro atoms. The standard InChI is InChI=1S/C21H29N3O2/c1-20(2,3)15-9-7-14(8-10-15)13-24-16(11-12-17(24)25)18-22-19(23-26-18)21(4,5)6/h7-10,16H,11-13H2,1-6H3. The van der Waals surface area contributed by atoms with Crippen LogP contribution in [0.2, 0.25) is 0 Å². The number of nitrogens with zero attached hydrogens (tertiary/aromatic N) is 3. The van der Waals surface area contributed by atoms with Gasteiger partial charge in [-0.25, -0.2) is 0 Å². The first kappa shape index (κ1) is 18.6. The summed E-state index contributed by atoms with van der Waals surface area (Å²) in [5, 5.41) is 4.11. The smallest absolute Gasteiger partial charge is 0.249 e. The van der Waals surface area contributed by atoms with Crippen molar-refractivity contribution in [1.29, 1.82) is 0 Å². The minimum absolute atomic E-state index is 0.123. The van der Waals surface area contributed by atoms with E-state index >= 15 is 0 Å². The molecule has 1 amide bonds. The number of likely N-dealkylation sites (tertiary alicyclic amines) is 1. The SMILES string of the molecule is CC(C)(C)c1ccc(CN2C(=O)CCC2c2nc(C(C)(C)C)no2)cc1. The molecule has 2 heterocycles. The fraction of sp³-hybridized carbons (Fsp3) is 0.571. The molecule has 1 saturated heterocycles. The molecule has 3 rings (SSSR count). The van der Waals surface area contributed by atoms with Gasteiger partial charge in [-0.1, -0.05) is 71.0 Å². The largest absolute Gasteiger partial charge is 0.337 e. The van der Waals surface area contributed by atoms with E-state index in [-0.39, 0.29) is 22.8 Å². The summed E-state index contributed by atoms with van der Waals surface area (Å²) in [5.41, 5.74) is 2.36. The summed E-state index contributed by atoms with van der Waals surface area (Å²) < 4.78 is 5.50. The van der Waals surface area contributed by atoms with Crippen LogP contribution in [0.5, 0.6) is 0 Å². The fourth-order valence-corrected chi connectivity index (χ4v) is 3.17. The highest BCUT2D eigenvalue weighted by Gasteiger charge is 2.36. The summed E-state index contributed by atoms with van der Waals surface area (Å²) in [5.74, 6) is 1.37. The van der Waals surface area contributed by atoms with Gasteiger partial charge in [0.25, 0.3) is 0 Å². The topological polar surface area (TPSA) is 59.2 Å². The minimum atomic E-state index is -0.169. The first-order valence-electron chi connectivity index (χ1n) is 9.29. The maximum Gasteiger partial charge on any atom is 0.249 e. The third kappa shape index (κ3) is 3.81. The minimum Gasteiger partial charge on any atom is -0.337 e. The lowest BCUT2D eigenvalue weighted by molar-refractivity contribution is -0.129. The first-order valence-corrected chi connectivity index (χ1v) is 9.29. The van der Waals surface area contributed by atoms with Gasteiger partial charge in [0.05, 0.1) is 0 Å². The Balaban J connectivity index is 1.79. The van der Waals surface area contributed by atoms with E-state index in [9.17, 15) is 4.79 Å². The Hall–Kier alpha value is -2.17. The fourth-order valence-electron chi connectivity index (χ4n) is 3.17. The molecule has 0 N–H and O–H groups in total. The second-order valence-corrected chi connectivity index (χ2v) is 9.23. The van der Waals surface area contributed by atoms with Crippen LogP contribution in [0.15, 0.2) is 28.8 Å². The number of carbonyl (C=O) groups excluding carboxylic acids is 1. The second-order valence-electron chi connectivity index (χ2n) is 9.23. The van der Waals surface area contributed by atoms with E-state index in [4.69, 9.17) is 4.52 Å². The number of hydrogen-bond acceptors (Lipinski definition) is 4. The Morgan fingerprint density at radius 3 is 2.27 bits per heavy atom. The maximum absolute atomic E-state index is 12.4. The van der Waals surface area contributed by atoms with Crippen LogP contribution in [0.25, 0.3) is 0 Å². The molecule has 5 heteroatoms. The number of rotatable bonds is 3. The van der Waals surface area contributed by atoms with Gasteiger partial charge < -0.3 is 9.42 Å². The molecule has 0 bridgehead atoms. The molecule has 5 nitrogen and oxygen atoms in total. The van der Waals surface area contributed by atoms with Crippen molar-refractivity contribution in [2.75, 3.05) is 0 Å². The van der Waals surface area contributed by atoms with Gasteiger partial charge in [0, 0.05) is 18.4 Å². The zero-order chi connectivity index (χ0) is 19.1. The van der Waals surface area contributed by atoms with Crippen molar-refractivity contribution in [1.82, 2.24) is 15.0 Å². The van der Waals surface area contributed by atoms with Gasteiger partial charge >= 0.3 is 0 Å². The van der Waals surface area contributed by atoms with Gasteiger partial charge in [0.1, 0.15) is 6.04 Å². The Morgan fingerprint density at radius 1 is 1.08 bits per heavy atom. The molecule has 0 radical (unpaired) electrons. The van der Waals surface area contributed by atoms with E-state index < -0.39 is 0 Å². The molecule has 0 aliphatic carbocycles. The van der Waals surface area contributed by atoms with Crippen molar-refractivity contribution in [3.8, 4) is 0 Å². The molecular formula is C21H29N3O2. The number of aromatic nitrogens is 2. The van der Waals surface area contributed by atoms with E-state index in [1.807, 2.05) is 4.90 Å². The van der Waals surface area contributed by atoms with Gasteiger partial charge in [-0.05, 0) is 23.0 Å². The Kier molecular flexibility index (Phi) is 4.67. The molecule has 1 unspecified atom stereocenters. The number of carbonyl (C=O) groups is 1. The summed E-state index contributed by atoms with van der Waals surface area (Å²) in [7, 11) is 0. The highest BCUT2D eigenvalue weighted by Crippen LogP contribution is 2.34. The third-order valence-electron chi connectivity index (χ3n) is 4.90. The van der Waals surface area contributed by atoms with Crippen LogP contribution in [0.1, 0.15) is 83.3 Å². The summed E-state index contributed by atoms with van der Waals surface area (Å²) in [6.07, 6.45) is 1.25. The van der Waals surface area contributed by atoms with Crippen LogP contribution in [-0.2, 0) is 22.2 Å². The van der Waals surface area contributed by atoms with Gasteiger partial charge in [-0.2, -0.15) is 4.98 Å². The third-order valence-corrected chi connectivity index (χ3v) is 4.90. The summed E-state index contributed by atoms with van der Waals surface area (Å²) in [6.45, 7) is 13.3. The van der Waals surface area contributed by atoms with Gasteiger partial charge in [-0.3, -0.25) is 4.79 Å². The lowest BCUT2D eigenvalue weighted by Gasteiger charge is -2.23. The molecule has 1 fully saturated rings. The molecule has 1 atom stereocenters. The predicted molar refractivity (Wildman–Crippen MR) is 101 cm³/mol.